The molecule has 2 fully saturated rings. The molecule has 2 saturated carbocycles. The minimum absolute atomic E-state index is 0.0728. The van der Waals surface area contributed by atoms with Crippen molar-refractivity contribution in [2.75, 3.05) is 6.61 Å². The Morgan fingerprint density at radius 1 is 1.30 bits per heavy atom. The van der Waals surface area contributed by atoms with Crippen LogP contribution in [0.2, 0.25) is 0 Å². The predicted octanol–water partition coefficient (Wildman–Crippen LogP) is 2.94. The molecule has 2 rings (SSSR count). The average Bonchev–Trinajstić information content (AvgIpc) is 2.82. The monoisotopic (exact) mass is 283 g/mol. The van der Waals surface area contributed by atoms with E-state index in [0.717, 1.165) is 25.7 Å². The van der Waals surface area contributed by atoms with Gasteiger partial charge in [0, 0.05) is 6.61 Å². The first kappa shape index (κ1) is 15.8. The van der Waals surface area contributed by atoms with Crippen molar-refractivity contribution in [1.29, 1.82) is 0 Å². The summed E-state index contributed by atoms with van der Waals surface area (Å²) < 4.78 is 6.07. The zero-order valence-electron chi connectivity index (χ0n) is 12.6. The lowest BCUT2D eigenvalue weighted by Gasteiger charge is -2.32. The summed E-state index contributed by atoms with van der Waals surface area (Å²) in [5, 5.41) is 9.31. The molecule has 3 N–H and O–H groups in total. The van der Waals surface area contributed by atoms with Crippen LogP contribution in [0.5, 0.6) is 0 Å². The van der Waals surface area contributed by atoms with Gasteiger partial charge in [0.1, 0.15) is 5.54 Å². The van der Waals surface area contributed by atoms with Crippen molar-refractivity contribution < 1.29 is 14.6 Å². The molecule has 0 saturated heterocycles. The molecule has 0 radical (unpaired) electrons. The molecule has 0 heterocycles. The van der Waals surface area contributed by atoms with Crippen LogP contribution in [-0.4, -0.2) is 29.3 Å². The van der Waals surface area contributed by atoms with Crippen LogP contribution in [0.15, 0.2) is 0 Å². The Morgan fingerprint density at radius 2 is 2.05 bits per heavy atom. The van der Waals surface area contributed by atoms with Crippen LogP contribution < -0.4 is 5.73 Å². The highest BCUT2D eigenvalue weighted by Crippen LogP contribution is 2.37. The maximum absolute atomic E-state index is 11.3. The normalized spacial score (nSPS) is 38.0. The first-order chi connectivity index (χ1) is 9.58. The van der Waals surface area contributed by atoms with Gasteiger partial charge in [-0.1, -0.05) is 32.6 Å². The highest BCUT2D eigenvalue weighted by molar-refractivity contribution is 5.79. The Balaban J connectivity index is 1.79. The fraction of sp³-hybridized carbons (Fsp3) is 0.938. The number of ether oxygens (including phenoxy) is 1. The Hall–Kier alpha value is -0.610. The molecule has 0 aromatic rings. The van der Waals surface area contributed by atoms with Crippen molar-refractivity contribution in [1.82, 2.24) is 0 Å². The van der Waals surface area contributed by atoms with Gasteiger partial charge in [0.25, 0.3) is 0 Å². The van der Waals surface area contributed by atoms with Crippen LogP contribution in [0.1, 0.15) is 64.7 Å². The maximum atomic E-state index is 11.3. The summed E-state index contributed by atoms with van der Waals surface area (Å²) in [6.45, 7) is 2.90. The van der Waals surface area contributed by atoms with Gasteiger partial charge in [0.2, 0.25) is 0 Å². The summed E-state index contributed by atoms with van der Waals surface area (Å²) >= 11 is 0. The van der Waals surface area contributed by atoms with Gasteiger partial charge in [-0.3, -0.25) is 4.79 Å². The van der Waals surface area contributed by atoms with Gasteiger partial charge in [-0.05, 0) is 43.9 Å². The first-order valence-corrected chi connectivity index (χ1v) is 8.21. The lowest BCUT2D eigenvalue weighted by atomic mass is 9.84. The molecule has 116 valence electrons. The second-order valence-electron chi connectivity index (χ2n) is 6.59. The standard InChI is InChI=1S/C16H29NO3/c1-2-12-6-3-4-8-14(12)20-11-9-13-7-5-10-16(13,17)15(18)19/h12-14H,2-11,17H2,1H3,(H,18,19). The van der Waals surface area contributed by atoms with Gasteiger partial charge in [-0.25, -0.2) is 0 Å². The highest BCUT2D eigenvalue weighted by atomic mass is 16.5. The third-order valence-corrected chi connectivity index (χ3v) is 5.43. The number of carboxylic acid groups (broad SMARTS) is 1. The van der Waals surface area contributed by atoms with Crippen molar-refractivity contribution in [3.8, 4) is 0 Å². The van der Waals surface area contributed by atoms with Crippen molar-refractivity contribution in [2.45, 2.75) is 76.4 Å². The lowest BCUT2D eigenvalue weighted by molar-refractivity contribution is -0.145. The molecular weight excluding hydrogens is 254 g/mol. The summed E-state index contributed by atoms with van der Waals surface area (Å²) in [7, 11) is 0. The third kappa shape index (κ3) is 3.34. The van der Waals surface area contributed by atoms with Crippen LogP contribution in [0.4, 0.5) is 0 Å². The lowest BCUT2D eigenvalue weighted by Crippen LogP contribution is -2.51. The van der Waals surface area contributed by atoms with E-state index in [2.05, 4.69) is 6.92 Å². The summed E-state index contributed by atoms with van der Waals surface area (Å²) in [6.07, 6.45) is 9.84. The minimum atomic E-state index is -1.01. The van der Waals surface area contributed by atoms with Gasteiger partial charge >= 0.3 is 5.97 Å². The van der Waals surface area contributed by atoms with Crippen molar-refractivity contribution in [2.24, 2.45) is 17.6 Å². The molecule has 4 heteroatoms. The van der Waals surface area contributed by atoms with Crippen LogP contribution >= 0.6 is 0 Å². The molecule has 0 aromatic carbocycles. The number of hydrogen-bond acceptors (Lipinski definition) is 3. The van der Waals surface area contributed by atoms with E-state index in [-0.39, 0.29) is 5.92 Å². The molecule has 2 aliphatic rings. The number of carboxylic acids is 1. The molecule has 20 heavy (non-hydrogen) atoms. The van der Waals surface area contributed by atoms with E-state index < -0.39 is 11.5 Å². The molecule has 4 atom stereocenters. The molecule has 0 aromatic heterocycles. The quantitative estimate of drug-likeness (QED) is 0.786. The fourth-order valence-corrected chi connectivity index (χ4v) is 4.01. The fourth-order valence-electron chi connectivity index (χ4n) is 4.01. The van der Waals surface area contributed by atoms with E-state index in [1.807, 2.05) is 0 Å². The van der Waals surface area contributed by atoms with E-state index >= 15 is 0 Å². The van der Waals surface area contributed by atoms with Gasteiger partial charge in [0.05, 0.1) is 6.10 Å². The Labute approximate surface area is 122 Å². The average molecular weight is 283 g/mol. The van der Waals surface area contributed by atoms with E-state index in [1.165, 1.54) is 25.7 Å². The third-order valence-electron chi connectivity index (χ3n) is 5.43. The van der Waals surface area contributed by atoms with E-state index in [9.17, 15) is 9.90 Å². The summed E-state index contributed by atoms with van der Waals surface area (Å²) in [4.78, 5) is 11.3. The highest BCUT2D eigenvalue weighted by Gasteiger charge is 2.45. The topological polar surface area (TPSA) is 72.5 Å². The largest absolute Gasteiger partial charge is 0.480 e. The van der Waals surface area contributed by atoms with Crippen molar-refractivity contribution >= 4 is 5.97 Å². The summed E-state index contributed by atoms with van der Waals surface area (Å²) in [5.74, 6) is -0.0813. The molecule has 0 spiro atoms. The summed E-state index contributed by atoms with van der Waals surface area (Å²) in [5.41, 5.74) is 5.05. The van der Waals surface area contributed by atoms with E-state index in [4.69, 9.17) is 10.5 Å². The molecule has 4 unspecified atom stereocenters. The van der Waals surface area contributed by atoms with Crippen molar-refractivity contribution in [3.63, 3.8) is 0 Å². The summed E-state index contributed by atoms with van der Waals surface area (Å²) in [6, 6.07) is 0. The number of rotatable bonds is 6. The number of nitrogens with two attached hydrogens (primary N) is 1. The minimum Gasteiger partial charge on any atom is -0.480 e. The smallest absolute Gasteiger partial charge is 0.323 e. The van der Waals surface area contributed by atoms with Gasteiger partial charge < -0.3 is 15.6 Å². The second-order valence-corrected chi connectivity index (χ2v) is 6.59. The van der Waals surface area contributed by atoms with Crippen LogP contribution in [0, 0.1) is 11.8 Å². The van der Waals surface area contributed by atoms with E-state index in [0.29, 0.717) is 25.0 Å². The van der Waals surface area contributed by atoms with E-state index in [1.54, 1.807) is 0 Å². The van der Waals surface area contributed by atoms with Crippen LogP contribution in [0.25, 0.3) is 0 Å². The number of aliphatic carboxylic acids is 1. The Morgan fingerprint density at radius 3 is 2.75 bits per heavy atom. The number of hydrogen-bond donors (Lipinski definition) is 2. The van der Waals surface area contributed by atoms with Crippen LogP contribution in [-0.2, 0) is 9.53 Å². The molecular formula is C16H29NO3. The maximum Gasteiger partial charge on any atom is 0.323 e. The molecule has 4 nitrogen and oxygen atoms in total. The predicted molar refractivity (Wildman–Crippen MR) is 78.5 cm³/mol. The zero-order chi connectivity index (χ0) is 14.6. The van der Waals surface area contributed by atoms with Gasteiger partial charge in [-0.2, -0.15) is 0 Å². The van der Waals surface area contributed by atoms with Crippen molar-refractivity contribution in [3.05, 3.63) is 0 Å². The van der Waals surface area contributed by atoms with Crippen LogP contribution in [0.3, 0.4) is 0 Å². The molecule has 0 amide bonds. The number of carbonyl (C=O) groups is 1. The SMILES string of the molecule is CCC1CCCCC1OCCC1CCCC1(N)C(=O)O. The van der Waals surface area contributed by atoms with Gasteiger partial charge in [0.15, 0.2) is 0 Å². The van der Waals surface area contributed by atoms with Gasteiger partial charge in [-0.15, -0.1) is 0 Å². The molecule has 2 aliphatic carbocycles. The zero-order valence-corrected chi connectivity index (χ0v) is 12.6. The second kappa shape index (κ2) is 6.90. The molecule has 0 bridgehead atoms. The Kier molecular flexibility index (Phi) is 5.44. The Bertz CT molecular complexity index is 334. The first-order valence-electron chi connectivity index (χ1n) is 8.21. The molecule has 0 aliphatic heterocycles.